The topological polar surface area (TPSA) is 77.3 Å². The first-order valence-electron chi connectivity index (χ1n) is 3.91. The zero-order valence-electron chi connectivity index (χ0n) is 7.69. The van der Waals surface area contributed by atoms with Gasteiger partial charge in [-0.1, -0.05) is 0 Å². The van der Waals surface area contributed by atoms with Crippen molar-refractivity contribution in [2.75, 3.05) is 0 Å². The lowest BCUT2D eigenvalue weighted by Gasteiger charge is -2.02. The van der Waals surface area contributed by atoms with Gasteiger partial charge in [-0.25, -0.2) is 0 Å². The van der Waals surface area contributed by atoms with Gasteiger partial charge in [-0.2, -0.15) is 0 Å². The van der Waals surface area contributed by atoms with Crippen LogP contribution in [0.15, 0.2) is 12.1 Å². The second kappa shape index (κ2) is 4.18. The second-order valence-corrected chi connectivity index (χ2v) is 3.22. The van der Waals surface area contributed by atoms with Crippen molar-refractivity contribution in [3.63, 3.8) is 0 Å². The van der Waals surface area contributed by atoms with Gasteiger partial charge in [0, 0.05) is 17.2 Å². The maximum atomic E-state index is 10.9. The molecule has 0 radical (unpaired) electrons. The Hall–Kier alpha value is -1.75. The zero-order chi connectivity index (χ0) is 11.6. The van der Waals surface area contributed by atoms with Crippen LogP contribution in [0.3, 0.4) is 0 Å². The van der Waals surface area contributed by atoms with Gasteiger partial charge in [0.15, 0.2) is 6.29 Å². The Labute approximate surface area is 89.8 Å². The summed E-state index contributed by atoms with van der Waals surface area (Å²) < 4.78 is 0. The fourth-order valence-corrected chi connectivity index (χ4v) is 1.35. The highest BCUT2D eigenvalue weighted by atomic mass is 35.5. The fraction of sp³-hybridized carbons (Fsp3) is 0.111. The van der Waals surface area contributed by atoms with E-state index in [0.717, 1.165) is 6.07 Å². The summed E-state index contributed by atoms with van der Waals surface area (Å²) >= 11 is 5.20. The molecule has 0 saturated carbocycles. The van der Waals surface area contributed by atoms with Crippen LogP contribution >= 0.6 is 11.6 Å². The molecule has 0 saturated heterocycles. The number of hydrogen-bond acceptors (Lipinski definition) is 4. The van der Waals surface area contributed by atoms with Crippen LogP contribution < -0.4 is 0 Å². The maximum absolute atomic E-state index is 10.9. The number of carbonyl (C=O) groups excluding carboxylic acids is 2. The lowest BCUT2D eigenvalue weighted by atomic mass is 10.0. The van der Waals surface area contributed by atoms with Gasteiger partial charge in [0.05, 0.1) is 10.5 Å². The van der Waals surface area contributed by atoms with Crippen molar-refractivity contribution in [2.45, 2.75) is 6.92 Å². The van der Waals surface area contributed by atoms with E-state index in [-0.39, 0.29) is 16.8 Å². The number of nitro groups is 1. The number of nitrogens with zero attached hydrogens (tertiary/aromatic N) is 1. The smallest absolute Gasteiger partial charge is 0.273 e. The average Bonchev–Trinajstić information content (AvgIpc) is 2.16. The molecule has 0 N–H and O–H groups in total. The molecule has 0 bridgehead atoms. The van der Waals surface area contributed by atoms with Gasteiger partial charge in [0.1, 0.15) is 0 Å². The summed E-state index contributed by atoms with van der Waals surface area (Å²) in [6.07, 6.45) is 0.437. The molecule has 0 fully saturated rings. The summed E-state index contributed by atoms with van der Waals surface area (Å²) in [7, 11) is 0. The highest BCUT2D eigenvalue weighted by Gasteiger charge is 2.18. The molecular weight excluding hydrogens is 222 g/mol. The second-order valence-electron chi connectivity index (χ2n) is 2.87. The molecule has 6 heteroatoms. The molecule has 15 heavy (non-hydrogen) atoms. The molecule has 0 atom stereocenters. The highest BCUT2D eigenvalue weighted by molar-refractivity contribution is 6.68. The van der Waals surface area contributed by atoms with Crippen LogP contribution in [0.2, 0.25) is 0 Å². The third-order valence-electron chi connectivity index (χ3n) is 1.90. The molecule has 0 aliphatic carbocycles. The molecule has 78 valence electrons. The first-order chi connectivity index (χ1) is 6.97. The van der Waals surface area contributed by atoms with Gasteiger partial charge in [-0.3, -0.25) is 19.7 Å². The standard InChI is InChI=1S/C9H6ClNO4/c1-5-2-6(4-12)7(9(10)13)3-8(5)11(14)15/h2-4H,1H3. The van der Waals surface area contributed by atoms with E-state index in [9.17, 15) is 19.7 Å². The minimum absolute atomic E-state index is 0.0538. The van der Waals surface area contributed by atoms with Crippen molar-refractivity contribution < 1.29 is 14.5 Å². The van der Waals surface area contributed by atoms with Crippen molar-refractivity contribution in [1.29, 1.82) is 0 Å². The highest BCUT2D eigenvalue weighted by Crippen LogP contribution is 2.23. The van der Waals surface area contributed by atoms with E-state index < -0.39 is 10.2 Å². The van der Waals surface area contributed by atoms with Crippen LogP contribution in [0.1, 0.15) is 26.3 Å². The molecule has 0 aliphatic rings. The predicted molar refractivity (Wildman–Crippen MR) is 53.4 cm³/mol. The van der Waals surface area contributed by atoms with Crippen molar-refractivity contribution in [1.82, 2.24) is 0 Å². The fourth-order valence-electron chi connectivity index (χ4n) is 1.18. The molecule has 1 aromatic carbocycles. The Bertz CT molecular complexity index is 456. The molecule has 0 amide bonds. The third-order valence-corrected chi connectivity index (χ3v) is 2.11. The van der Waals surface area contributed by atoms with E-state index in [1.54, 1.807) is 0 Å². The monoisotopic (exact) mass is 227 g/mol. The summed E-state index contributed by atoms with van der Waals surface area (Å²) in [5.74, 6) is 0. The molecule has 0 aliphatic heterocycles. The van der Waals surface area contributed by atoms with E-state index in [1.165, 1.54) is 13.0 Å². The van der Waals surface area contributed by atoms with Crippen molar-refractivity contribution in [3.05, 3.63) is 38.9 Å². The summed E-state index contributed by atoms with van der Waals surface area (Å²) in [6.45, 7) is 1.48. The molecule has 0 spiro atoms. The number of nitro benzene ring substituents is 1. The molecule has 0 unspecified atom stereocenters. The minimum Gasteiger partial charge on any atom is -0.298 e. The van der Waals surface area contributed by atoms with E-state index >= 15 is 0 Å². The molecular formula is C9H6ClNO4. The molecule has 1 rings (SSSR count). The molecule has 1 aromatic rings. The van der Waals surface area contributed by atoms with Crippen LogP contribution in [-0.2, 0) is 0 Å². The van der Waals surface area contributed by atoms with Crippen LogP contribution in [-0.4, -0.2) is 16.5 Å². The Morgan fingerprint density at radius 2 is 2.13 bits per heavy atom. The van der Waals surface area contributed by atoms with Crippen LogP contribution in [0.5, 0.6) is 0 Å². The minimum atomic E-state index is -0.889. The average molecular weight is 228 g/mol. The largest absolute Gasteiger partial charge is 0.298 e. The van der Waals surface area contributed by atoms with Crippen LogP contribution in [0.25, 0.3) is 0 Å². The molecule has 0 heterocycles. The third kappa shape index (κ3) is 2.19. The van der Waals surface area contributed by atoms with Crippen molar-refractivity contribution in [2.24, 2.45) is 0 Å². The number of benzene rings is 1. The van der Waals surface area contributed by atoms with Gasteiger partial charge in [0.25, 0.3) is 10.9 Å². The maximum Gasteiger partial charge on any atom is 0.273 e. The van der Waals surface area contributed by atoms with Gasteiger partial charge in [-0.05, 0) is 24.6 Å². The first-order valence-corrected chi connectivity index (χ1v) is 4.29. The number of hydrogen-bond donors (Lipinski definition) is 0. The normalized spacial score (nSPS) is 9.73. The predicted octanol–water partition coefficient (Wildman–Crippen LogP) is 2.09. The van der Waals surface area contributed by atoms with Crippen molar-refractivity contribution >= 4 is 28.8 Å². The van der Waals surface area contributed by atoms with Gasteiger partial charge in [-0.15, -0.1) is 0 Å². The number of aldehydes is 1. The van der Waals surface area contributed by atoms with Gasteiger partial charge in [0.2, 0.25) is 0 Å². The molecule has 0 aromatic heterocycles. The quantitative estimate of drug-likeness (QED) is 0.343. The summed E-state index contributed by atoms with van der Waals surface area (Å²) in [5.41, 5.74) is -0.0181. The zero-order valence-corrected chi connectivity index (χ0v) is 8.45. The van der Waals surface area contributed by atoms with E-state index in [4.69, 9.17) is 11.6 Å². The SMILES string of the molecule is Cc1cc(C=O)c(C(=O)Cl)cc1[N+](=O)[O-]. The van der Waals surface area contributed by atoms with Gasteiger partial charge < -0.3 is 0 Å². The lowest BCUT2D eigenvalue weighted by Crippen LogP contribution is -2.01. The lowest BCUT2D eigenvalue weighted by molar-refractivity contribution is -0.385. The van der Waals surface area contributed by atoms with Crippen molar-refractivity contribution in [3.8, 4) is 0 Å². The van der Waals surface area contributed by atoms with Crippen LogP contribution in [0, 0.1) is 17.0 Å². The molecule has 5 nitrogen and oxygen atoms in total. The summed E-state index contributed by atoms with van der Waals surface area (Å²) in [6, 6.07) is 2.27. The Kier molecular flexibility index (Phi) is 3.16. The van der Waals surface area contributed by atoms with Crippen LogP contribution in [0.4, 0.5) is 5.69 Å². The number of halogens is 1. The Morgan fingerprint density at radius 1 is 1.53 bits per heavy atom. The summed E-state index contributed by atoms with van der Waals surface area (Å²) in [4.78, 5) is 31.4. The van der Waals surface area contributed by atoms with E-state index in [2.05, 4.69) is 0 Å². The number of rotatable bonds is 3. The van der Waals surface area contributed by atoms with E-state index in [0.29, 0.717) is 11.8 Å². The van der Waals surface area contributed by atoms with Gasteiger partial charge >= 0.3 is 0 Å². The summed E-state index contributed by atoms with van der Waals surface area (Å²) in [5, 5.41) is 9.67. The Morgan fingerprint density at radius 3 is 2.53 bits per heavy atom. The Balaban J connectivity index is 3.50. The number of carbonyl (C=O) groups is 2. The first kappa shape index (κ1) is 11.3. The number of aryl methyl sites for hydroxylation is 1. The van der Waals surface area contributed by atoms with E-state index in [1.807, 2.05) is 0 Å².